The standard InChI is InChI=1S/C9H13N.C6H12B2.C2H6/c1-7(2)9-5-4-8(3)10-6-9;1-7-5-8-6-3-2-4-6;1-2/h4-7H,1-3H3;6H,2-5H2,1H3;1-2H3. The highest BCUT2D eigenvalue weighted by Crippen LogP contribution is 2.31. The number of aryl methyl sites for hydroxylation is 1. The molecule has 0 N–H and O–H groups in total. The molecule has 0 amide bonds. The van der Waals surface area contributed by atoms with Crippen LogP contribution in [-0.4, -0.2) is 19.5 Å². The highest BCUT2D eigenvalue weighted by atomic mass is 14.7. The van der Waals surface area contributed by atoms with Crippen LogP contribution in [-0.2, 0) is 0 Å². The Morgan fingerprint density at radius 3 is 2.25 bits per heavy atom. The van der Waals surface area contributed by atoms with Crippen molar-refractivity contribution in [2.24, 2.45) is 0 Å². The molecular weight excluding hydrogens is 240 g/mol. The monoisotopic (exact) mass is 271 g/mol. The van der Waals surface area contributed by atoms with Gasteiger partial charge in [-0.05, 0) is 24.5 Å². The van der Waals surface area contributed by atoms with E-state index in [4.69, 9.17) is 0 Å². The third-order valence-electron chi connectivity index (χ3n) is 3.46. The lowest BCUT2D eigenvalue weighted by atomic mass is 9.46. The van der Waals surface area contributed by atoms with E-state index in [1.807, 2.05) is 27.0 Å². The molecule has 1 aromatic heterocycles. The molecule has 0 spiro atoms. The van der Waals surface area contributed by atoms with Gasteiger partial charge in [0.2, 0.25) is 0 Å². The molecule has 1 heterocycles. The van der Waals surface area contributed by atoms with Gasteiger partial charge in [0.1, 0.15) is 7.28 Å². The fraction of sp³-hybridized carbons (Fsp3) is 0.706. The largest absolute Gasteiger partial charge is 0.261 e. The Hall–Kier alpha value is -0.720. The van der Waals surface area contributed by atoms with Gasteiger partial charge in [-0.25, -0.2) is 0 Å². The van der Waals surface area contributed by atoms with Crippen LogP contribution < -0.4 is 0 Å². The van der Waals surface area contributed by atoms with Gasteiger partial charge >= 0.3 is 0 Å². The smallest absolute Gasteiger partial charge is 0.105 e. The van der Waals surface area contributed by atoms with Crippen molar-refractivity contribution in [3.63, 3.8) is 0 Å². The van der Waals surface area contributed by atoms with Crippen molar-refractivity contribution < 1.29 is 0 Å². The molecule has 0 bridgehead atoms. The van der Waals surface area contributed by atoms with Gasteiger partial charge in [0, 0.05) is 11.9 Å². The van der Waals surface area contributed by atoms with Crippen molar-refractivity contribution >= 4 is 14.6 Å². The van der Waals surface area contributed by atoms with Crippen molar-refractivity contribution in [2.45, 2.75) is 78.7 Å². The van der Waals surface area contributed by atoms with E-state index in [0.29, 0.717) is 5.92 Å². The van der Waals surface area contributed by atoms with Crippen LogP contribution in [0.2, 0.25) is 18.9 Å². The maximum Gasteiger partial charge on any atom is 0.105 e. The molecular formula is C17H31B2N. The summed E-state index contributed by atoms with van der Waals surface area (Å²) in [5, 5.41) is 0. The van der Waals surface area contributed by atoms with Crippen molar-refractivity contribution in [2.75, 3.05) is 0 Å². The van der Waals surface area contributed by atoms with Crippen LogP contribution in [0, 0.1) is 6.92 Å². The Bertz CT molecular complexity index is 318. The predicted octanol–water partition coefficient (Wildman–Crippen LogP) is 5.33. The highest BCUT2D eigenvalue weighted by molar-refractivity contribution is 6.56. The van der Waals surface area contributed by atoms with Gasteiger partial charge in [0.05, 0.1) is 7.28 Å². The van der Waals surface area contributed by atoms with E-state index < -0.39 is 0 Å². The topological polar surface area (TPSA) is 12.9 Å². The third kappa shape index (κ3) is 8.45. The quantitative estimate of drug-likeness (QED) is 0.674. The minimum atomic E-state index is 0.591. The molecule has 1 nitrogen and oxygen atoms in total. The van der Waals surface area contributed by atoms with Crippen LogP contribution >= 0.6 is 0 Å². The molecule has 2 rings (SSSR count). The van der Waals surface area contributed by atoms with Crippen LogP contribution in [0.3, 0.4) is 0 Å². The Labute approximate surface area is 128 Å². The summed E-state index contributed by atoms with van der Waals surface area (Å²) in [6.07, 6.45) is 7.53. The first-order valence-corrected chi connectivity index (χ1v) is 8.17. The molecule has 3 heteroatoms. The predicted molar refractivity (Wildman–Crippen MR) is 94.2 cm³/mol. The summed E-state index contributed by atoms with van der Waals surface area (Å²) in [6.45, 7) is 12.5. The Morgan fingerprint density at radius 1 is 1.25 bits per heavy atom. The second-order valence-corrected chi connectivity index (χ2v) is 5.46. The van der Waals surface area contributed by atoms with E-state index in [1.54, 1.807) is 0 Å². The second-order valence-electron chi connectivity index (χ2n) is 5.46. The summed E-state index contributed by atoms with van der Waals surface area (Å²) in [5.41, 5.74) is 2.40. The molecule has 1 aliphatic rings. The molecule has 0 atom stereocenters. The Balaban J connectivity index is 0.000000327. The molecule has 1 saturated carbocycles. The van der Waals surface area contributed by atoms with Gasteiger partial charge in [0.25, 0.3) is 0 Å². The fourth-order valence-corrected chi connectivity index (χ4v) is 1.82. The number of hydrogen-bond donors (Lipinski definition) is 0. The van der Waals surface area contributed by atoms with Crippen molar-refractivity contribution in [3.8, 4) is 0 Å². The van der Waals surface area contributed by atoms with E-state index in [0.717, 1.165) is 11.5 Å². The van der Waals surface area contributed by atoms with Crippen LogP contribution in [0.4, 0.5) is 0 Å². The van der Waals surface area contributed by atoms with Gasteiger partial charge in [-0.15, -0.1) is 6.22 Å². The van der Waals surface area contributed by atoms with Crippen molar-refractivity contribution in [1.29, 1.82) is 0 Å². The van der Waals surface area contributed by atoms with Crippen LogP contribution in [0.15, 0.2) is 18.3 Å². The summed E-state index contributed by atoms with van der Waals surface area (Å²) in [7, 11) is 4.65. The summed E-state index contributed by atoms with van der Waals surface area (Å²) in [6, 6.07) is 4.18. The summed E-state index contributed by atoms with van der Waals surface area (Å²) < 4.78 is 0. The molecule has 110 valence electrons. The van der Waals surface area contributed by atoms with Gasteiger partial charge in [0.15, 0.2) is 0 Å². The zero-order valence-corrected chi connectivity index (χ0v) is 14.3. The second kappa shape index (κ2) is 12.1. The number of aromatic nitrogens is 1. The highest BCUT2D eigenvalue weighted by Gasteiger charge is 2.16. The molecule has 1 fully saturated rings. The number of pyridine rings is 1. The average Bonchev–Trinajstić information content (AvgIpc) is 2.41. The van der Waals surface area contributed by atoms with E-state index in [2.05, 4.69) is 52.3 Å². The lowest BCUT2D eigenvalue weighted by molar-refractivity contribution is 0.499. The minimum Gasteiger partial charge on any atom is -0.261 e. The lowest BCUT2D eigenvalue weighted by Gasteiger charge is -2.24. The molecule has 1 aliphatic carbocycles. The summed E-state index contributed by atoms with van der Waals surface area (Å²) in [5.74, 6) is 1.57. The number of nitrogens with zero attached hydrogens (tertiary/aromatic N) is 1. The van der Waals surface area contributed by atoms with Crippen LogP contribution in [0.1, 0.15) is 64.1 Å². The van der Waals surface area contributed by atoms with Gasteiger partial charge in [-0.3, -0.25) is 4.98 Å². The zero-order chi connectivity index (χ0) is 15.4. The molecule has 0 saturated heterocycles. The average molecular weight is 271 g/mol. The molecule has 0 aromatic carbocycles. The maximum atomic E-state index is 4.20. The van der Waals surface area contributed by atoms with Crippen molar-refractivity contribution in [3.05, 3.63) is 29.6 Å². The van der Waals surface area contributed by atoms with E-state index in [1.165, 1.54) is 31.0 Å². The molecule has 0 unspecified atom stereocenters. The minimum absolute atomic E-state index is 0.591. The first-order chi connectivity index (χ1) is 9.63. The summed E-state index contributed by atoms with van der Waals surface area (Å²) in [4.78, 5) is 4.20. The molecule has 1 aromatic rings. The molecule has 0 aliphatic heterocycles. The van der Waals surface area contributed by atoms with E-state index in [-0.39, 0.29) is 0 Å². The Kier molecular flexibility index (Phi) is 11.6. The van der Waals surface area contributed by atoms with Crippen LogP contribution in [0.5, 0.6) is 0 Å². The summed E-state index contributed by atoms with van der Waals surface area (Å²) >= 11 is 0. The molecule has 20 heavy (non-hydrogen) atoms. The van der Waals surface area contributed by atoms with Gasteiger partial charge < -0.3 is 0 Å². The fourth-order valence-electron chi connectivity index (χ4n) is 1.82. The first kappa shape index (κ1) is 19.3. The van der Waals surface area contributed by atoms with Crippen molar-refractivity contribution in [1.82, 2.24) is 4.98 Å². The zero-order valence-electron chi connectivity index (χ0n) is 14.3. The van der Waals surface area contributed by atoms with Gasteiger partial charge in [-0.1, -0.05) is 65.7 Å². The SMILES string of the molecule is CC.C[B]C[B]C1CCC1.Cc1ccc(C(C)C)cn1. The van der Waals surface area contributed by atoms with E-state index >= 15 is 0 Å². The normalized spacial score (nSPS) is 13.3. The first-order valence-electron chi connectivity index (χ1n) is 8.17. The van der Waals surface area contributed by atoms with E-state index in [9.17, 15) is 0 Å². The maximum absolute atomic E-state index is 4.20. The van der Waals surface area contributed by atoms with Gasteiger partial charge in [-0.2, -0.15) is 0 Å². The third-order valence-corrected chi connectivity index (χ3v) is 3.46. The van der Waals surface area contributed by atoms with Crippen LogP contribution in [0.25, 0.3) is 0 Å². The number of rotatable bonds is 4. The molecule has 2 radical (unpaired) electrons. The number of hydrogen-bond acceptors (Lipinski definition) is 1. The lowest BCUT2D eigenvalue weighted by Crippen LogP contribution is -2.12. The Morgan fingerprint density at radius 2 is 1.90 bits per heavy atom.